The number of hydrogen-bond donors (Lipinski definition) is 1. The largest absolute Gasteiger partial charge is 0.355 e. The molecule has 7 heteroatoms. The fourth-order valence-electron chi connectivity index (χ4n) is 1.77. The molecule has 0 atom stereocenters. The van der Waals surface area contributed by atoms with Gasteiger partial charge in [-0.1, -0.05) is 22.9 Å². The van der Waals surface area contributed by atoms with Gasteiger partial charge in [-0.15, -0.1) is 11.3 Å². The molecule has 0 spiro atoms. The van der Waals surface area contributed by atoms with E-state index in [1.54, 1.807) is 30.3 Å². The smallest absolute Gasteiger partial charge is 0.271 e. The maximum absolute atomic E-state index is 12.3. The second-order valence-electron chi connectivity index (χ2n) is 4.47. The molecule has 108 valence electrons. The molecule has 0 saturated carbocycles. The topological polar surface area (TPSA) is 72.2 Å². The first-order valence-corrected chi connectivity index (χ1v) is 8.45. The van der Waals surface area contributed by atoms with E-state index < -0.39 is 10.0 Å². The van der Waals surface area contributed by atoms with Crippen LogP contribution < -0.4 is 4.72 Å². The molecule has 0 fully saturated rings. The molecule has 0 amide bonds. The Hall–Kier alpha value is -2.12. The molecular formula is C14H12N2O3S2. The minimum absolute atomic E-state index is 0.231. The molecule has 0 aliphatic rings. The number of nitrogens with zero attached hydrogens (tertiary/aromatic N) is 1. The van der Waals surface area contributed by atoms with E-state index in [0.717, 1.165) is 21.8 Å². The van der Waals surface area contributed by atoms with Crippen LogP contribution in [0.5, 0.6) is 0 Å². The van der Waals surface area contributed by atoms with Crippen molar-refractivity contribution in [2.24, 2.45) is 0 Å². The van der Waals surface area contributed by atoms with Crippen molar-refractivity contribution in [1.82, 2.24) is 5.16 Å². The molecule has 1 aromatic carbocycles. The predicted octanol–water partition coefficient (Wildman–Crippen LogP) is 3.51. The van der Waals surface area contributed by atoms with E-state index in [-0.39, 0.29) is 4.21 Å². The average molecular weight is 320 g/mol. The van der Waals surface area contributed by atoms with Crippen LogP contribution in [0, 0.1) is 6.92 Å². The summed E-state index contributed by atoms with van der Waals surface area (Å²) in [5.74, 6) is 0.553. The lowest BCUT2D eigenvalue weighted by Crippen LogP contribution is -2.11. The van der Waals surface area contributed by atoms with E-state index in [0.29, 0.717) is 11.4 Å². The summed E-state index contributed by atoms with van der Waals surface area (Å²) in [6.07, 6.45) is 1.52. The zero-order valence-electron chi connectivity index (χ0n) is 11.1. The minimum atomic E-state index is -3.59. The SMILES string of the molecule is Cc1ccc(NS(=O)(=O)c2ccc(-c3ccno3)s2)cc1. The number of rotatable bonds is 4. The lowest BCUT2D eigenvalue weighted by Gasteiger charge is -2.06. The summed E-state index contributed by atoms with van der Waals surface area (Å²) in [4.78, 5) is 0.719. The summed E-state index contributed by atoms with van der Waals surface area (Å²) in [7, 11) is -3.59. The van der Waals surface area contributed by atoms with Crippen molar-refractivity contribution in [2.75, 3.05) is 4.72 Å². The molecule has 0 bridgehead atoms. The molecule has 0 aliphatic heterocycles. The first-order chi connectivity index (χ1) is 10.0. The maximum Gasteiger partial charge on any atom is 0.271 e. The molecule has 0 aliphatic carbocycles. The number of nitrogens with one attached hydrogen (secondary N) is 1. The highest BCUT2D eigenvalue weighted by Crippen LogP contribution is 2.31. The van der Waals surface area contributed by atoms with E-state index in [2.05, 4.69) is 9.88 Å². The van der Waals surface area contributed by atoms with Gasteiger partial charge >= 0.3 is 0 Å². The van der Waals surface area contributed by atoms with Crippen LogP contribution in [0.25, 0.3) is 10.6 Å². The Kier molecular flexibility index (Phi) is 3.52. The number of anilines is 1. The third-order valence-corrected chi connectivity index (χ3v) is 5.80. The number of thiophene rings is 1. The first-order valence-electron chi connectivity index (χ1n) is 6.15. The van der Waals surface area contributed by atoms with Crippen molar-refractivity contribution < 1.29 is 12.9 Å². The van der Waals surface area contributed by atoms with Crippen LogP contribution in [0.4, 0.5) is 5.69 Å². The van der Waals surface area contributed by atoms with E-state index in [1.807, 2.05) is 19.1 Å². The molecule has 2 aromatic heterocycles. The van der Waals surface area contributed by atoms with Crippen LogP contribution in [0.3, 0.4) is 0 Å². The molecule has 2 heterocycles. The van der Waals surface area contributed by atoms with E-state index in [9.17, 15) is 8.42 Å². The molecule has 21 heavy (non-hydrogen) atoms. The molecular weight excluding hydrogens is 308 g/mol. The summed E-state index contributed by atoms with van der Waals surface area (Å²) in [5, 5.41) is 3.61. The second-order valence-corrected chi connectivity index (χ2v) is 7.46. The van der Waals surface area contributed by atoms with E-state index in [1.165, 1.54) is 6.20 Å². The zero-order chi connectivity index (χ0) is 14.9. The van der Waals surface area contributed by atoms with Gasteiger partial charge in [-0.25, -0.2) is 8.42 Å². The molecule has 3 aromatic rings. The van der Waals surface area contributed by atoms with Crippen molar-refractivity contribution in [1.29, 1.82) is 0 Å². The highest BCUT2D eigenvalue weighted by Gasteiger charge is 2.18. The van der Waals surface area contributed by atoms with Crippen LogP contribution in [0.15, 0.2) is 57.4 Å². The highest BCUT2D eigenvalue weighted by atomic mass is 32.2. The molecule has 0 radical (unpaired) electrons. The lowest BCUT2D eigenvalue weighted by molar-refractivity contribution is 0.433. The zero-order valence-corrected chi connectivity index (χ0v) is 12.7. The van der Waals surface area contributed by atoms with Crippen molar-refractivity contribution in [3.05, 3.63) is 54.2 Å². The van der Waals surface area contributed by atoms with Gasteiger partial charge in [0.1, 0.15) is 4.21 Å². The van der Waals surface area contributed by atoms with Gasteiger partial charge in [0, 0.05) is 11.8 Å². The Morgan fingerprint density at radius 1 is 1.10 bits per heavy atom. The predicted molar refractivity (Wildman–Crippen MR) is 81.8 cm³/mol. The molecule has 1 N–H and O–H groups in total. The fraction of sp³-hybridized carbons (Fsp3) is 0.0714. The molecule has 0 unspecified atom stereocenters. The quantitative estimate of drug-likeness (QED) is 0.798. The molecule has 5 nitrogen and oxygen atoms in total. The van der Waals surface area contributed by atoms with Gasteiger partial charge in [0.05, 0.1) is 11.1 Å². The van der Waals surface area contributed by atoms with Crippen LogP contribution in [-0.2, 0) is 10.0 Å². The average Bonchev–Trinajstić information content (AvgIpc) is 3.11. The van der Waals surface area contributed by atoms with E-state index in [4.69, 9.17) is 4.52 Å². The Bertz CT molecular complexity index is 835. The van der Waals surface area contributed by atoms with Crippen molar-refractivity contribution in [2.45, 2.75) is 11.1 Å². The second kappa shape index (κ2) is 5.34. The van der Waals surface area contributed by atoms with Crippen LogP contribution in [-0.4, -0.2) is 13.6 Å². The summed E-state index contributed by atoms with van der Waals surface area (Å²) >= 11 is 1.14. The summed E-state index contributed by atoms with van der Waals surface area (Å²) in [6, 6.07) is 12.1. The van der Waals surface area contributed by atoms with Gasteiger partial charge in [0.25, 0.3) is 10.0 Å². The monoisotopic (exact) mass is 320 g/mol. The van der Waals surface area contributed by atoms with Gasteiger partial charge < -0.3 is 4.52 Å². The van der Waals surface area contributed by atoms with Crippen LogP contribution in [0.2, 0.25) is 0 Å². The number of sulfonamides is 1. The summed E-state index contributed by atoms with van der Waals surface area (Å²) in [5.41, 5.74) is 1.61. The van der Waals surface area contributed by atoms with E-state index >= 15 is 0 Å². The Labute approximate surface area is 126 Å². The number of aromatic nitrogens is 1. The summed E-state index contributed by atoms with van der Waals surface area (Å²) in [6.45, 7) is 1.95. The first kappa shape index (κ1) is 13.8. The Balaban J connectivity index is 1.87. The number of benzene rings is 1. The van der Waals surface area contributed by atoms with Gasteiger partial charge in [-0.3, -0.25) is 4.72 Å². The minimum Gasteiger partial charge on any atom is -0.355 e. The van der Waals surface area contributed by atoms with Crippen LogP contribution in [0.1, 0.15) is 5.56 Å². The lowest BCUT2D eigenvalue weighted by atomic mass is 10.2. The van der Waals surface area contributed by atoms with Crippen molar-refractivity contribution in [3.8, 4) is 10.6 Å². The van der Waals surface area contributed by atoms with Crippen molar-refractivity contribution in [3.63, 3.8) is 0 Å². The van der Waals surface area contributed by atoms with Crippen molar-refractivity contribution >= 4 is 27.0 Å². The highest BCUT2D eigenvalue weighted by molar-refractivity contribution is 7.94. The molecule has 0 saturated heterocycles. The van der Waals surface area contributed by atoms with Gasteiger partial charge in [0.2, 0.25) is 0 Å². The molecule has 3 rings (SSSR count). The van der Waals surface area contributed by atoms with Gasteiger partial charge in [-0.05, 0) is 31.2 Å². The Morgan fingerprint density at radius 2 is 1.86 bits per heavy atom. The fourth-order valence-corrected chi connectivity index (χ4v) is 4.09. The number of hydrogen-bond acceptors (Lipinski definition) is 5. The van der Waals surface area contributed by atoms with Crippen LogP contribution >= 0.6 is 11.3 Å². The third-order valence-electron chi connectivity index (χ3n) is 2.83. The standard InChI is InChI=1S/C14H12N2O3S2/c1-10-2-4-11(5-3-10)16-21(17,18)14-7-6-13(20-14)12-8-9-15-19-12/h2-9,16H,1H3. The Morgan fingerprint density at radius 3 is 2.52 bits per heavy atom. The maximum atomic E-state index is 12.3. The number of aryl methyl sites for hydroxylation is 1. The third kappa shape index (κ3) is 2.98. The summed E-state index contributed by atoms with van der Waals surface area (Å²) < 4.78 is 32.5. The van der Waals surface area contributed by atoms with Gasteiger partial charge in [-0.2, -0.15) is 0 Å². The van der Waals surface area contributed by atoms with Gasteiger partial charge in [0.15, 0.2) is 5.76 Å². The normalized spacial score (nSPS) is 11.5.